The number of fused-ring (bicyclic) bond motifs is 3. The number of phenols is 1. The zero-order valence-electron chi connectivity index (χ0n) is 21.9. The maximum absolute atomic E-state index is 10.8. The predicted molar refractivity (Wildman–Crippen MR) is 141 cm³/mol. The second-order valence-electron chi connectivity index (χ2n) is 11.7. The van der Waals surface area contributed by atoms with E-state index in [4.69, 9.17) is 9.47 Å². The van der Waals surface area contributed by atoms with Gasteiger partial charge in [0.2, 0.25) is 0 Å². The molecule has 3 atom stereocenters. The van der Waals surface area contributed by atoms with Gasteiger partial charge in [-0.05, 0) is 70.9 Å². The molecule has 1 saturated carbocycles. The molecule has 10 nitrogen and oxygen atoms in total. The quantitative estimate of drug-likeness (QED) is 0.518. The summed E-state index contributed by atoms with van der Waals surface area (Å²) >= 11 is 0. The molecule has 2 bridgehead atoms. The number of hydrogen-bond donors (Lipinski definition) is 2. The Morgan fingerprint density at radius 3 is 2.39 bits per heavy atom. The van der Waals surface area contributed by atoms with Crippen molar-refractivity contribution in [2.24, 2.45) is 0 Å². The number of hydrogen-bond acceptors (Lipinski definition) is 10. The average Bonchev–Trinajstić information content (AvgIpc) is 3.73. The van der Waals surface area contributed by atoms with Crippen LogP contribution in [-0.2, 0) is 0 Å². The van der Waals surface area contributed by atoms with Crippen LogP contribution >= 0.6 is 0 Å². The van der Waals surface area contributed by atoms with Gasteiger partial charge in [0.1, 0.15) is 19.0 Å². The first-order chi connectivity index (χ1) is 18.4. The third-order valence-electron chi connectivity index (χ3n) is 8.38. The van der Waals surface area contributed by atoms with Crippen LogP contribution in [0.15, 0.2) is 30.6 Å². The summed E-state index contributed by atoms with van der Waals surface area (Å²) in [6.07, 6.45) is 11.7. The highest BCUT2D eigenvalue weighted by atomic mass is 16.6. The molecule has 0 spiro atoms. The minimum absolute atomic E-state index is 0.0554. The monoisotopic (exact) mass is 515 g/mol. The standard InChI is InChI=1S/C28H33N7O3/c1-27-8-3-9-28(2,34-27)14-19(13-27)35(18-5-6-18)23-16-29-24(33-32-23)20-7-4-17(12-22(20)36)21-15-30-25-26(31-21)38-11-10-37-25/h4,7,12,15-16,18-19,34,36H,3,5-6,8-11,13-14H2,1-2H3/t19?,27-,28+. The Kier molecular flexibility index (Phi) is 5.43. The summed E-state index contributed by atoms with van der Waals surface area (Å²) in [5, 5.41) is 23.9. The second kappa shape index (κ2) is 8.76. The highest BCUT2D eigenvalue weighted by Gasteiger charge is 2.49. The molecule has 2 saturated heterocycles. The number of nitrogens with one attached hydrogen (secondary N) is 1. The number of ether oxygens (including phenoxy) is 2. The van der Waals surface area contributed by atoms with E-state index < -0.39 is 0 Å². The first kappa shape index (κ1) is 23.6. The van der Waals surface area contributed by atoms with Crippen molar-refractivity contribution in [2.45, 2.75) is 82.0 Å². The van der Waals surface area contributed by atoms with Crippen molar-refractivity contribution in [3.05, 3.63) is 30.6 Å². The number of nitrogens with zero attached hydrogens (tertiary/aromatic N) is 6. The molecular formula is C28H33N7O3. The largest absolute Gasteiger partial charge is 0.507 e. The van der Waals surface area contributed by atoms with Crippen molar-refractivity contribution in [3.63, 3.8) is 0 Å². The summed E-state index contributed by atoms with van der Waals surface area (Å²) in [5.41, 5.74) is 2.14. The van der Waals surface area contributed by atoms with Gasteiger partial charge in [-0.3, -0.25) is 0 Å². The van der Waals surface area contributed by atoms with E-state index in [2.05, 4.69) is 49.2 Å². The van der Waals surface area contributed by atoms with Crippen molar-refractivity contribution in [1.82, 2.24) is 30.5 Å². The number of rotatable bonds is 5. The summed E-state index contributed by atoms with van der Waals surface area (Å²) in [6, 6.07) is 6.21. The Bertz CT molecular complexity index is 1350. The minimum Gasteiger partial charge on any atom is -0.507 e. The fraction of sp³-hybridized carbons (Fsp3) is 0.536. The molecule has 7 rings (SSSR count). The third kappa shape index (κ3) is 4.30. The molecule has 4 aliphatic rings. The van der Waals surface area contributed by atoms with Crippen LogP contribution in [0.1, 0.15) is 58.8 Å². The van der Waals surface area contributed by atoms with Gasteiger partial charge >= 0.3 is 0 Å². The number of benzene rings is 1. The lowest BCUT2D eigenvalue weighted by Crippen LogP contribution is -2.67. The van der Waals surface area contributed by atoms with Crippen LogP contribution in [0.25, 0.3) is 22.6 Å². The molecule has 1 aromatic carbocycles. The smallest absolute Gasteiger partial charge is 0.278 e. The minimum atomic E-state index is 0.0554. The molecule has 0 amide bonds. The van der Waals surface area contributed by atoms with Crippen LogP contribution in [-0.4, -0.2) is 66.6 Å². The Balaban J connectivity index is 1.13. The highest BCUT2D eigenvalue weighted by molar-refractivity contribution is 5.71. The van der Waals surface area contributed by atoms with Gasteiger partial charge in [0.25, 0.3) is 11.8 Å². The van der Waals surface area contributed by atoms with Gasteiger partial charge in [0.15, 0.2) is 11.6 Å². The van der Waals surface area contributed by atoms with Gasteiger partial charge in [-0.15, -0.1) is 10.2 Å². The van der Waals surface area contributed by atoms with Crippen LogP contribution in [0.5, 0.6) is 17.5 Å². The molecule has 198 valence electrons. The van der Waals surface area contributed by atoms with E-state index in [0.29, 0.717) is 59.7 Å². The van der Waals surface area contributed by atoms with E-state index in [-0.39, 0.29) is 16.8 Å². The SMILES string of the molecule is C[C@]12CCC[C@](C)(CC(N(c3cnc(-c4ccc(-c5cnc6c(n5)OCCO6)cc4O)nn3)C3CC3)C1)N2. The summed E-state index contributed by atoms with van der Waals surface area (Å²) < 4.78 is 11.0. The second-order valence-corrected chi connectivity index (χ2v) is 11.7. The van der Waals surface area contributed by atoms with Crippen LogP contribution in [0, 0.1) is 0 Å². The topological polar surface area (TPSA) is 118 Å². The van der Waals surface area contributed by atoms with E-state index in [1.54, 1.807) is 18.3 Å². The number of aromatic nitrogens is 5. The Labute approximate surface area is 221 Å². The van der Waals surface area contributed by atoms with E-state index in [0.717, 1.165) is 18.7 Å². The molecule has 3 fully saturated rings. The first-order valence-corrected chi connectivity index (χ1v) is 13.6. The molecular weight excluding hydrogens is 482 g/mol. The van der Waals surface area contributed by atoms with Crippen LogP contribution in [0.2, 0.25) is 0 Å². The molecule has 1 unspecified atom stereocenters. The van der Waals surface area contributed by atoms with Crippen molar-refractivity contribution in [3.8, 4) is 40.2 Å². The van der Waals surface area contributed by atoms with Gasteiger partial charge in [-0.1, -0.05) is 6.07 Å². The van der Waals surface area contributed by atoms with Crippen molar-refractivity contribution in [1.29, 1.82) is 0 Å². The molecule has 3 aliphatic heterocycles. The zero-order valence-corrected chi connectivity index (χ0v) is 21.9. The van der Waals surface area contributed by atoms with E-state index >= 15 is 0 Å². The maximum atomic E-state index is 10.8. The summed E-state index contributed by atoms with van der Waals surface area (Å²) in [7, 11) is 0. The molecule has 0 radical (unpaired) electrons. The van der Waals surface area contributed by atoms with Gasteiger partial charge in [-0.25, -0.2) is 15.0 Å². The van der Waals surface area contributed by atoms with Crippen molar-refractivity contribution < 1.29 is 14.6 Å². The first-order valence-electron chi connectivity index (χ1n) is 13.6. The number of piperidine rings is 2. The lowest BCUT2D eigenvalue weighted by atomic mass is 9.69. The molecule has 10 heteroatoms. The number of phenolic OH excluding ortho intramolecular Hbond substituents is 1. The van der Waals surface area contributed by atoms with Gasteiger partial charge in [0, 0.05) is 28.7 Å². The number of anilines is 1. The van der Waals surface area contributed by atoms with E-state index in [1.807, 2.05) is 12.3 Å². The molecule has 38 heavy (non-hydrogen) atoms. The van der Waals surface area contributed by atoms with Crippen LogP contribution in [0.4, 0.5) is 5.82 Å². The number of aromatic hydroxyl groups is 1. The van der Waals surface area contributed by atoms with Gasteiger partial charge < -0.3 is 24.8 Å². The Morgan fingerprint density at radius 2 is 1.71 bits per heavy atom. The lowest BCUT2D eigenvalue weighted by Gasteiger charge is -2.55. The van der Waals surface area contributed by atoms with E-state index in [1.165, 1.54) is 32.1 Å². The van der Waals surface area contributed by atoms with Crippen molar-refractivity contribution in [2.75, 3.05) is 18.1 Å². The molecule has 2 N–H and O–H groups in total. The van der Waals surface area contributed by atoms with Gasteiger partial charge in [0.05, 0.1) is 23.7 Å². The lowest BCUT2D eigenvalue weighted by molar-refractivity contribution is 0.0766. The van der Waals surface area contributed by atoms with E-state index in [9.17, 15) is 5.11 Å². The third-order valence-corrected chi connectivity index (χ3v) is 8.38. The molecule has 5 heterocycles. The fourth-order valence-corrected chi connectivity index (χ4v) is 6.72. The summed E-state index contributed by atoms with van der Waals surface area (Å²) in [6.45, 7) is 5.64. The fourth-order valence-electron chi connectivity index (χ4n) is 6.72. The maximum Gasteiger partial charge on any atom is 0.278 e. The zero-order chi connectivity index (χ0) is 25.9. The normalized spacial score (nSPS) is 28.1. The highest BCUT2D eigenvalue weighted by Crippen LogP contribution is 2.45. The molecule has 3 aromatic rings. The Morgan fingerprint density at radius 1 is 0.947 bits per heavy atom. The van der Waals surface area contributed by atoms with Gasteiger partial charge in [-0.2, -0.15) is 0 Å². The van der Waals surface area contributed by atoms with Crippen LogP contribution < -0.4 is 19.7 Å². The Hall–Kier alpha value is -3.53. The average molecular weight is 516 g/mol. The molecule has 1 aliphatic carbocycles. The summed E-state index contributed by atoms with van der Waals surface area (Å²) in [5.74, 6) is 2.02. The summed E-state index contributed by atoms with van der Waals surface area (Å²) in [4.78, 5) is 15.9. The molecule has 2 aromatic heterocycles. The van der Waals surface area contributed by atoms with Crippen LogP contribution in [0.3, 0.4) is 0 Å². The van der Waals surface area contributed by atoms with Crippen molar-refractivity contribution >= 4 is 5.82 Å². The predicted octanol–water partition coefficient (Wildman–Crippen LogP) is 3.89.